The predicted octanol–water partition coefficient (Wildman–Crippen LogP) is 3.32. The molecule has 1 rings (SSSR count). The van der Waals surface area contributed by atoms with Crippen LogP contribution in [0.4, 0.5) is 0 Å². The van der Waals surface area contributed by atoms with Crippen molar-refractivity contribution in [2.45, 2.75) is 6.92 Å². The van der Waals surface area contributed by atoms with Crippen LogP contribution in [0.2, 0.25) is 0 Å². The topological polar surface area (TPSA) is 12.4 Å². The molecule has 0 bridgehead atoms. The molecule has 0 N–H and O–H groups in total. The smallest absolute Gasteiger partial charge is 0.0567 e. The number of benzene rings is 1. The quantitative estimate of drug-likeness (QED) is 0.504. The molecule has 0 amide bonds. The van der Waals surface area contributed by atoms with Gasteiger partial charge in [-0.15, -0.1) is 6.58 Å². The van der Waals surface area contributed by atoms with E-state index in [2.05, 4.69) is 29.8 Å². The number of nitrogens with zero attached hydrogens (tertiary/aromatic N) is 1. The van der Waals surface area contributed by atoms with Crippen LogP contribution >= 0.6 is 0 Å². The average Bonchev–Trinajstić information content (AvgIpc) is 2.21. The van der Waals surface area contributed by atoms with Crippen molar-refractivity contribution in [1.29, 1.82) is 0 Å². The maximum Gasteiger partial charge on any atom is 0.0567 e. The highest BCUT2D eigenvalue weighted by Crippen LogP contribution is 2.08. The van der Waals surface area contributed by atoms with Gasteiger partial charge in [0.05, 0.1) is 6.54 Å². The SMILES string of the molecule is C=CCN=Cc1ccccc1/C=C\C. The minimum Gasteiger partial charge on any atom is -0.288 e. The van der Waals surface area contributed by atoms with Crippen molar-refractivity contribution in [3.8, 4) is 0 Å². The second-order valence-corrected chi connectivity index (χ2v) is 2.91. The molecule has 0 saturated carbocycles. The van der Waals surface area contributed by atoms with Crippen LogP contribution in [0.25, 0.3) is 6.08 Å². The molecule has 0 aliphatic carbocycles. The Morgan fingerprint density at radius 1 is 1.29 bits per heavy atom. The van der Waals surface area contributed by atoms with Gasteiger partial charge in [0, 0.05) is 6.21 Å². The number of rotatable bonds is 4. The lowest BCUT2D eigenvalue weighted by molar-refractivity contribution is 1.26. The molecular weight excluding hydrogens is 170 g/mol. The van der Waals surface area contributed by atoms with E-state index in [1.54, 1.807) is 6.08 Å². The third kappa shape index (κ3) is 3.02. The molecule has 0 atom stereocenters. The van der Waals surface area contributed by atoms with Gasteiger partial charge in [-0.05, 0) is 18.1 Å². The van der Waals surface area contributed by atoms with Gasteiger partial charge in [-0.1, -0.05) is 42.5 Å². The summed E-state index contributed by atoms with van der Waals surface area (Å²) >= 11 is 0. The van der Waals surface area contributed by atoms with E-state index in [9.17, 15) is 0 Å². The van der Waals surface area contributed by atoms with E-state index in [0.29, 0.717) is 6.54 Å². The summed E-state index contributed by atoms with van der Waals surface area (Å²) in [6.45, 7) is 6.31. The molecule has 1 aromatic rings. The van der Waals surface area contributed by atoms with Crippen LogP contribution < -0.4 is 0 Å². The van der Waals surface area contributed by atoms with Crippen LogP contribution in [-0.4, -0.2) is 12.8 Å². The number of hydrogen-bond acceptors (Lipinski definition) is 1. The van der Waals surface area contributed by atoms with Crippen molar-refractivity contribution in [2.75, 3.05) is 6.54 Å². The largest absolute Gasteiger partial charge is 0.288 e. The zero-order chi connectivity index (χ0) is 10.2. The van der Waals surface area contributed by atoms with Gasteiger partial charge < -0.3 is 0 Å². The van der Waals surface area contributed by atoms with Crippen LogP contribution in [0.1, 0.15) is 18.1 Å². The summed E-state index contributed by atoms with van der Waals surface area (Å²) in [5.41, 5.74) is 2.34. The van der Waals surface area contributed by atoms with Crippen molar-refractivity contribution in [2.24, 2.45) is 4.99 Å². The first kappa shape index (κ1) is 10.5. The van der Waals surface area contributed by atoms with Crippen LogP contribution in [0, 0.1) is 0 Å². The fourth-order valence-corrected chi connectivity index (χ4v) is 1.19. The Hall–Kier alpha value is -1.63. The first-order chi connectivity index (χ1) is 6.88. The Morgan fingerprint density at radius 3 is 2.64 bits per heavy atom. The lowest BCUT2D eigenvalue weighted by atomic mass is 10.1. The average molecular weight is 185 g/mol. The van der Waals surface area contributed by atoms with Crippen LogP contribution in [0.5, 0.6) is 0 Å². The number of allylic oxidation sites excluding steroid dienone is 1. The molecule has 0 fully saturated rings. The van der Waals surface area contributed by atoms with Crippen LogP contribution in [-0.2, 0) is 0 Å². The molecule has 0 aliphatic rings. The van der Waals surface area contributed by atoms with Crippen molar-refractivity contribution in [1.82, 2.24) is 0 Å². The van der Waals surface area contributed by atoms with E-state index in [1.807, 2.05) is 31.3 Å². The molecule has 0 unspecified atom stereocenters. The summed E-state index contributed by atoms with van der Waals surface area (Å²) in [5.74, 6) is 0. The lowest BCUT2D eigenvalue weighted by Gasteiger charge is -1.98. The van der Waals surface area contributed by atoms with Gasteiger partial charge in [0.25, 0.3) is 0 Å². The fourth-order valence-electron chi connectivity index (χ4n) is 1.19. The van der Waals surface area contributed by atoms with Crippen LogP contribution in [0.3, 0.4) is 0 Å². The van der Waals surface area contributed by atoms with Crippen molar-refractivity contribution in [3.63, 3.8) is 0 Å². The van der Waals surface area contributed by atoms with Crippen LogP contribution in [0.15, 0.2) is 48.0 Å². The molecule has 0 aliphatic heterocycles. The molecule has 1 nitrogen and oxygen atoms in total. The monoisotopic (exact) mass is 185 g/mol. The molecule has 1 heteroatoms. The maximum absolute atomic E-state index is 4.23. The zero-order valence-corrected chi connectivity index (χ0v) is 8.48. The molecule has 14 heavy (non-hydrogen) atoms. The molecule has 0 spiro atoms. The van der Waals surface area contributed by atoms with E-state index in [0.717, 1.165) is 5.56 Å². The standard InChI is InChI=1S/C13H15N/c1-3-7-12-8-5-6-9-13(12)11-14-10-4-2/h3-9,11H,2,10H2,1H3/b7-3-,14-11?. The van der Waals surface area contributed by atoms with Gasteiger partial charge in [-0.3, -0.25) is 4.99 Å². The Bertz CT molecular complexity index is 348. The lowest BCUT2D eigenvalue weighted by Crippen LogP contribution is -1.86. The summed E-state index contributed by atoms with van der Waals surface area (Å²) < 4.78 is 0. The second-order valence-electron chi connectivity index (χ2n) is 2.91. The molecule has 1 aromatic carbocycles. The Morgan fingerprint density at radius 2 is 2.00 bits per heavy atom. The van der Waals surface area contributed by atoms with Gasteiger partial charge >= 0.3 is 0 Å². The highest BCUT2D eigenvalue weighted by molar-refractivity contribution is 5.85. The van der Waals surface area contributed by atoms with Crippen molar-refractivity contribution in [3.05, 3.63) is 54.1 Å². The zero-order valence-electron chi connectivity index (χ0n) is 8.48. The Kier molecular flexibility index (Phi) is 4.42. The van der Waals surface area contributed by atoms with E-state index < -0.39 is 0 Å². The maximum atomic E-state index is 4.23. The minimum absolute atomic E-state index is 0.671. The van der Waals surface area contributed by atoms with Gasteiger partial charge in [0.1, 0.15) is 0 Å². The normalized spacial score (nSPS) is 11.2. The third-order valence-electron chi connectivity index (χ3n) is 1.81. The molecule has 0 aromatic heterocycles. The molecular formula is C13H15N. The molecule has 72 valence electrons. The summed E-state index contributed by atoms with van der Waals surface area (Å²) in [5, 5.41) is 0. The predicted molar refractivity (Wildman–Crippen MR) is 63.8 cm³/mol. The van der Waals surface area contributed by atoms with E-state index in [1.165, 1.54) is 5.56 Å². The Labute approximate surface area is 85.5 Å². The summed E-state index contributed by atoms with van der Waals surface area (Å²) in [6, 6.07) is 8.18. The van der Waals surface area contributed by atoms with Gasteiger partial charge in [0.2, 0.25) is 0 Å². The number of aliphatic imine (C=N–C) groups is 1. The first-order valence-electron chi connectivity index (χ1n) is 4.71. The Balaban J connectivity index is 2.89. The van der Waals surface area contributed by atoms with Crippen molar-refractivity contribution < 1.29 is 0 Å². The second kappa shape index (κ2) is 5.92. The van der Waals surface area contributed by atoms with E-state index in [-0.39, 0.29) is 0 Å². The molecule has 0 heterocycles. The summed E-state index contributed by atoms with van der Waals surface area (Å²) in [6.07, 6.45) is 7.78. The van der Waals surface area contributed by atoms with Gasteiger partial charge in [-0.2, -0.15) is 0 Å². The minimum atomic E-state index is 0.671. The number of hydrogen-bond donors (Lipinski definition) is 0. The van der Waals surface area contributed by atoms with Gasteiger partial charge in [0.15, 0.2) is 0 Å². The first-order valence-corrected chi connectivity index (χ1v) is 4.71. The van der Waals surface area contributed by atoms with E-state index >= 15 is 0 Å². The van der Waals surface area contributed by atoms with Gasteiger partial charge in [-0.25, -0.2) is 0 Å². The molecule has 0 radical (unpaired) electrons. The highest BCUT2D eigenvalue weighted by Gasteiger charge is 1.92. The van der Waals surface area contributed by atoms with E-state index in [4.69, 9.17) is 0 Å². The summed E-state index contributed by atoms with van der Waals surface area (Å²) in [4.78, 5) is 4.23. The highest BCUT2D eigenvalue weighted by atomic mass is 14.7. The fraction of sp³-hybridized carbons (Fsp3) is 0.154. The van der Waals surface area contributed by atoms with Crippen molar-refractivity contribution >= 4 is 12.3 Å². The summed E-state index contributed by atoms with van der Waals surface area (Å²) in [7, 11) is 0. The molecule has 0 saturated heterocycles. The third-order valence-corrected chi connectivity index (χ3v) is 1.81.